The van der Waals surface area contributed by atoms with Crippen LogP contribution in [0.1, 0.15) is 25.6 Å². The minimum atomic E-state index is -0.0646. The van der Waals surface area contributed by atoms with Crippen LogP contribution in [0.25, 0.3) is 0 Å². The van der Waals surface area contributed by atoms with E-state index < -0.39 is 0 Å². The standard InChI is InChI=1S/C11H19N5O/c1-8-13-9(6-10(14-8)16-12)15-11(2)4-3-5-17-7-11/h6H,3-5,7,12H2,1-2H3,(H2,13,14,15,16). The minimum absolute atomic E-state index is 0.0646. The molecule has 0 aromatic carbocycles. The number of hydrogen-bond acceptors (Lipinski definition) is 6. The van der Waals surface area contributed by atoms with Crippen molar-refractivity contribution in [3.05, 3.63) is 11.9 Å². The van der Waals surface area contributed by atoms with E-state index >= 15 is 0 Å². The highest BCUT2D eigenvalue weighted by molar-refractivity contribution is 5.48. The fraction of sp³-hybridized carbons (Fsp3) is 0.636. The van der Waals surface area contributed by atoms with E-state index in [1.165, 1.54) is 0 Å². The molecule has 1 aliphatic heterocycles. The lowest BCUT2D eigenvalue weighted by molar-refractivity contribution is 0.0539. The molecule has 0 radical (unpaired) electrons. The Morgan fingerprint density at radius 1 is 1.41 bits per heavy atom. The van der Waals surface area contributed by atoms with Crippen molar-refractivity contribution in [3.8, 4) is 0 Å². The molecule has 2 heterocycles. The average Bonchev–Trinajstić information content (AvgIpc) is 2.28. The van der Waals surface area contributed by atoms with Crippen molar-refractivity contribution < 1.29 is 4.74 Å². The van der Waals surface area contributed by atoms with Gasteiger partial charge >= 0.3 is 0 Å². The number of aromatic nitrogens is 2. The number of rotatable bonds is 3. The van der Waals surface area contributed by atoms with E-state index in [0.717, 1.165) is 25.3 Å². The quantitative estimate of drug-likeness (QED) is 0.538. The van der Waals surface area contributed by atoms with Gasteiger partial charge in [0, 0.05) is 12.7 Å². The third kappa shape index (κ3) is 3.04. The van der Waals surface area contributed by atoms with Gasteiger partial charge in [-0.2, -0.15) is 0 Å². The van der Waals surface area contributed by atoms with E-state index in [-0.39, 0.29) is 5.54 Å². The zero-order valence-electron chi connectivity index (χ0n) is 10.3. The van der Waals surface area contributed by atoms with Crippen LogP contribution in [-0.4, -0.2) is 28.7 Å². The number of anilines is 2. The molecule has 1 aromatic heterocycles. The van der Waals surface area contributed by atoms with Crippen molar-refractivity contribution >= 4 is 11.6 Å². The molecule has 6 nitrogen and oxygen atoms in total. The van der Waals surface area contributed by atoms with Crippen LogP contribution in [0.2, 0.25) is 0 Å². The highest BCUT2D eigenvalue weighted by atomic mass is 16.5. The molecular weight excluding hydrogens is 218 g/mol. The van der Waals surface area contributed by atoms with Crippen LogP contribution in [0, 0.1) is 6.92 Å². The predicted octanol–water partition coefficient (Wildman–Crippen LogP) is 1.05. The molecule has 2 rings (SSSR count). The van der Waals surface area contributed by atoms with E-state index in [0.29, 0.717) is 18.2 Å². The highest BCUT2D eigenvalue weighted by Gasteiger charge is 2.27. The normalized spacial score (nSPS) is 24.4. The first kappa shape index (κ1) is 12.1. The van der Waals surface area contributed by atoms with Crippen molar-refractivity contribution in [1.82, 2.24) is 9.97 Å². The SMILES string of the molecule is Cc1nc(NN)cc(NC2(C)CCCOC2)n1. The molecule has 17 heavy (non-hydrogen) atoms. The van der Waals surface area contributed by atoms with Crippen LogP contribution in [0.5, 0.6) is 0 Å². The monoisotopic (exact) mass is 237 g/mol. The predicted molar refractivity (Wildman–Crippen MR) is 66.7 cm³/mol. The van der Waals surface area contributed by atoms with Crippen molar-refractivity contribution in [2.75, 3.05) is 24.0 Å². The van der Waals surface area contributed by atoms with Crippen LogP contribution in [0.4, 0.5) is 11.6 Å². The maximum atomic E-state index is 5.50. The first-order valence-corrected chi connectivity index (χ1v) is 5.79. The summed E-state index contributed by atoms with van der Waals surface area (Å²) in [5.74, 6) is 7.43. The van der Waals surface area contributed by atoms with Gasteiger partial charge in [-0.05, 0) is 26.7 Å². The molecule has 0 aliphatic carbocycles. The van der Waals surface area contributed by atoms with Crippen LogP contribution < -0.4 is 16.6 Å². The van der Waals surface area contributed by atoms with Crippen LogP contribution in [0.3, 0.4) is 0 Å². The van der Waals surface area contributed by atoms with Gasteiger partial charge in [0.1, 0.15) is 17.5 Å². The summed E-state index contributed by atoms with van der Waals surface area (Å²) in [6, 6.07) is 1.80. The van der Waals surface area contributed by atoms with E-state index in [2.05, 4.69) is 27.6 Å². The Kier molecular flexibility index (Phi) is 3.44. The van der Waals surface area contributed by atoms with Gasteiger partial charge in [-0.3, -0.25) is 0 Å². The number of nitrogens with one attached hydrogen (secondary N) is 2. The summed E-state index contributed by atoms with van der Waals surface area (Å²) in [4.78, 5) is 8.50. The summed E-state index contributed by atoms with van der Waals surface area (Å²) in [6.45, 7) is 5.52. The van der Waals surface area contributed by atoms with Crippen LogP contribution >= 0.6 is 0 Å². The zero-order chi connectivity index (χ0) is 12.3. The number of nitrogens with two attached hydrogens (primary N) is 1. The zero-order valence-corrected chi connectivity index (χ0v) is 10.3. The molecule has 0 spiro atoms. The summed E-state index contributed by atoms with van der Waals surface area (Å²) in [7, 11) is 0. The number of ether oxygens (including phenoxy) is 1. The Hall–Kier alpha value is -1.40. The van der Waals surface area contributed by atoms with Crippen molar-refractivity contribution in [2.45, 2.75) is 32.2 Å². The Morgan fingerprint density at radius 3 is 2.82 bits per heavy atom. The molecule has 0 bridgehead atoms. The topological polar surface area (TPSA) is 85.1 Å². The third-order valence-corrected chi connectivity index (χ3v) is 2.85. The molecule has 0 amide bonds. The van der Waals surface area contributed by atoms with Gasteiger partial charge in [-0.1, -0.05) is 0 Å². The number of aryl methyl sites for hydroxylation is 1. The van der Waals surface area contributed by atoms with Gasteiger partial charge in [0.25, 0.3) is 0 Å². The van der Waals surface area contributed by atoms with E-state index in [4.69, 9.17) is 10.6 Å². The number of nitrogens with zero attached hydrogens (tertiary/aromatic N) is 2. The summed E-state index contributed by atoms with van der Waals surface area (Å²) in [5.41, 5.74) is 2.47. The van der Waals surface area contributed by atoms with Gasteiger partial charge in [0.2, 0.25) is 0 Å². The molecule has 6 heteroatoms. The van der Waals surface area contributed by atoms with Gasteiger partial charge < -0.3 is 15.5 Å². The van der Waals surface area contributed by atoms with Crippen molar-refractivity contribution in [2.24, 2.45) is 5.84 Å². The number of nitrogen functional groups attached to an aromatic ring is 1. The van der Waals surface area contributed by atoms with Crippen LogP contribution in [-0.2, 0) is 4.74 Å². The van der Waals surface area contributed by atoms with Crippen molar-refractivity contribution in [1.29, 1.82) is 0 Å². The molecule has 94 valence electrons. The van der Waals surface area contributed by atoms with Gasteiger partial charge in [-0.25, -0.2) is 15.8 Å². The van der Waals surface area contributed by atoms with Gasteiger partial charge in [0.05, 0.1) is 12.1 Å². The Morgan fingerprint density at radius 2 is 2.18 bits per heavy atom. The maximum absolute atomic E-state index is 5.50. The maximum Gasteiger partial charge on any atom is 0.145 e. The minimum Gasteiger partial charge on any atom is -0.379 e. The summed E-state index contributed by atoms with van der Waals surface area (Å²) in [5, 5.41) is 3.40. The molecule has 1 aliphatic rings. The smallest absolute Gasteiger partial charge is 0.145 e. The van der Waals surface area contributed by atoms with E-state index in [1.807, 2.05) is 6.92 Å². The average molecular weight is 237 g/mol. The van der Waals surface area contributed by atoms with Crippen LogP contribution in [0.15, 0.2) is 6.07 Å². The molecule has 1 unspecified atom stereocenters. The number of hydrazine groups is 1. The Bertz CT molecular complexity index is 389. The molecule has 1 atom stereocenters. The second-order valence-electron chi connectivity index (χ2n) is 4.67. The van der Waals surface area contributed by atoms with Gasteiger partial charge in [0.15, 0.2) is 0 Å². The molecule has 1 saturated heterocycles. The first-order chi connectivity index (χ1) is 8.11. The lowest BCUT2D eigenvalue weighted by atomic mass is 9.95. The van der Waals surface area contributed by atoms with E-state index in [1.54, 1.807) is 6.07 Å². The van der Waals surface area contributed by atoms with Gasteiger partial charge in [-0.15, -0.1) is 0 Å². The summed E-state index contributed by atoms with van der Waals surface area (Å²) < 4.78 is 5.50. The second-order valence-corrected chi connectivity index (χ2v) is 4.67. The fourth-order valence-corrected chi connectivity index (χ4v) is 2.05. The lowest BCUT2D eigenvalue weighted by Crippen LogP contribution is -2.43. The summed E-state index contributed by atoms with van der Waals surface area (Å²) in [6.07, 6.45) is 2.14. The molecule has 4 N–H and O–H groups in total. The third-order valence-electron chi connectivity index (χ3n) is 2.85. The molecule has 1 fully saturated rings. The molecule has 0 saturated carbocycles. The molecule has 1 aromatic rings. The second kappa shape index (κ2) is 4.85. The van der Waals surface area contributed by atoms with Crippen molar-refractivity contribution in [3.63, 3.8) is 0 Å². The lowest BCUT2D eigenvalue weighted by Gasteiger charge is -2.34. The highest BCUT2D eigenvalue weighted by Crippen LogP contribution is 2.23. The first-order valence-electron chi connectivity index (χ1n) is 5.79. The molecular formula is C11H19N5O. The number of hydrogen-bond donors (Lipinski definition) is 3. The Balaban J connectivity index is 2.14. The van der Waals surface area contributed by atoms with E-state index in [9.17, 15) is 0 Å². The summed E-state index contributed by atoms with van der Waals surface area (Å²) >= 11 is 0. The largest absolute Gasteiger partial charge is 0.379 e. The fourth-order valence-electron chi connectivity index (χ4n) is 2.05. The Labute approximate surface area is 101 Å².